The number of ether oxygens (including phenoxy) is 1. The number of carbonyl (C=O) groups excluding carboxylic acids is 1. The van der Waals surface area contributed by atoms with E-state index in [1.54, 1.807) is 6.07 Å². The third kappa shape index (κ3) is 2.76. The minimum atomic E-state index is -0.732. The first-order valence-corrected chi connectivity index (χ1v) is 9.87. The van der Waals surface area contributed by atoms with Crippen molar-refractivity contribution in [3.63, 3.8) is 0 Å². The number of hydrogen-bond acceptors (Lipinski definition) is 5. The molecule has 6 nitrogen and oxygen atoms in total. The summed E-state index contributed by atoms with van der Waals surface area (Å²) in [6.45, 7) is 0.711. The van der Waals surface area contributed by atoms with Crippen LogP contribution < -0.4 is 4.90 Å². The van der Waals surface area contributed by atoms with Gasteiger partial charge in [0.15, 0.2) is 5.60 Å². The summed E-state index contributed by atoms with van der Waals surface area (Å²) in [5.74, 6) is 0.834. The van der Waals surface area contributed by atoms with Crippen molar-refractivity contribution in [1.82, 2.24) is 14.9 Å². The van der Waals surface area contributed by atoms with Crippen molar-refractivity contribution in [2.45, 2.75) is 50.2 Å². The number of carbonyl (C=O) groups is 1. The van der Waals surface area contributed by atoms with E-state index < -0.39 is 12.3 Å². The van der Waals surface area contributed by atoms with Gasteiger partial charge in [-0.1, -0.05) is 30.3 Å². The van der Waals surface area contributed by atoms with Gasteiger partial charge in [-0.05, 0) is 18.4 Å². The zero-order valence-electron chi connectivity index (χ0n) is 15.6. The van der Waals surface area contributed by atoms with Crippen molar-refractivity contribution in [2.24, 2.45) is 0 Å². The smallest absolute Gasteiger partial charge is 0.257 e. The molecule has 0 saturated carbocycles. The van der Waals surface area contributed by atoms with Crippen LogP contribution in [0, 0.1) is 0 Å². The zero-order chi connectivity index (χ0) is 19.1. The molecule has 1 spiro atoms. The first-order valence-electron chi connectivity index (χ1n) is 9.87. The molecule has 7 heteroatoms. The van der Waals surface area contributed by atoms with E-state index in [2.05, 4.69) is 27.0 Å². The summed E-state index contributed by atoms with van der Waals surface area (Å²) < 4.78 is 19.3. The Kier molecular flexibility index (Phi) is 4.27. The predicted octanol–water partition coefficient (Wildman–Crippen LogP) is 3.01. The Balaban J connectivity index is 1.32. The van der Waals surface area contributed by atoms with Crippen molar-refractivity contribution in [3.05, 3.63) is 54.0 Å². The van der Waals surface area contributed by atoms with Gasteiger partial charge in [0.2, 0.25) is 0 Å². The maximum atomic E-state index is 13.4. The van der Waals surface area contributed by atoms with Gasteiger partial charge in [0.25, 0.3) is 5.91 Å². The van der Waals surface area contributed by atoms with Crippen LogP contribution in [0.25, 0.3) is 0 Å². The van der Waals surface area contributed by atoms with E-state index in [9.17, 15) is 9.18 Å². The van der Waals surface area contributed by atoms with Gasteiger partial charge in [-0.15, -0.1) is 0 Å². The maximum Gasteiger partial charge on any atom is 0.257 e. The Morgan fingerprint density at radius 3 is 2.68 bits per heavy atom. The van der Waals surface area contributed by atoms with E-state index in [0.717, 1.165) is 12.8 Å². The lowest BCUT2D eigenvalue weighted by molar-refractivity contribution is -0.140. The van der Waals surface area contributed by atoms with Gasteiger partial charge in [-0.2, -0.15) is 0 Å². The summed E-state index contributed by atoms with van der Waals surface area (Å²) in [5.41, 5.74) is 0.825. The lowest BCUT2D eigenvalue weighted by atomic mass is 9.89. The second-order valence-corrected chi connectivity index (χ2v) is 7.77. The van der Waals surface area contributed by atoms with Crippen molar-refractivity contribution in [3.8, 4) is 0 Å². The number of anilines is 1. The highest BCUT2D eigenvalue weighted by atomic mass is 19.1. The number of piperidine rings is 1. The molecule has 1 aromatic carbocycles. The second-order valence-electron chi connectivity index (χ2n) is 7.77. The zero-order valence-corrected chi connectivity index (χ0v) is 15.6. The predicted molar refractivity (Wildman–Crippen MR) is 101 cm³/mol. The standard InChI is InChI=1S/C21H23FN4O2/c22-13-16-12-18(24-14-23-16)25-10-8-21(9-11-25)20(27)26-17(6-7-19(26)28-21)15-4-2-1-3-5-15/h1-5,12,14,17,19H,6-11,13H2/t17-,19+/m0/s1. The van der Waals surface area contributed by atoms with E-state index in [-0.39, 0.29) is 18.2 Å². The summed E-state index contributed by atoms with van der Waals surface area (Å²) in [7, 11) is 0. The lowest BCUT2D eigenvalue weighted by Gasteiger charge is -2.38. The lowest BCUT2D eigenvalue weighted by Crippen LogP contribution is -2.50. The van der Waals surface area contributed by atoms with Crippen LogP contribution in [-0.2, 0) is 16.2 Å². The Morgan fingerprint density at radius 2 is 1.93 bits per heavy atom. The number of amides is 1. The Labute approximate surface area is 163 Å². The van der Waals surface area contributed by atoms with Crippen molar-refractivity contribution >= 4 is 11.7 Å². The molecule has 2 atom stereocenters. The summed E-state index contributed by atoms with van der Waals surface area (Å²) in [6, 6.07) is 12.0. The number of hydrogen-bond donors (Lipinski definition) is 0. The molecule has 0 radical (unpaired) electrons. The number of aromatic nitrogens is 2. The van der Waals surface area contributed by atoms with Crippen LogP contribution in [0.5, 0.6) is 0 Å². The highest BCUT2D eigenvalue weighted by Gasteiger charge is 2.57. The molecule has 3 saturated heterocycles. The van der Waals surface area contributed by atoms with E-state index in [4.69, 9.17) is 4.74 Å². The third-order valence-electron chi connectivity index (χ3n) is 6.24. The molecule has 1 amide bonds. The molecular weight excluding hydrogens is 359 g/mol. The van der Waals surface area contributed by atoms with E-state index in [1.807, 2.05) is 23.1 Å². The number of nitrogens with zero attached hydrogens (tertiary/aromatic N) is 4. The van der Waals surface area contributed by atoms with E-state index >= 15 is 0 Å². The fourth-order valence-electron chi connectivity index (χ4n) is 4.78. The first-order chi connectivity index (χ1) is 13.7. The third-order valence-corrected chi connectivity index (χ3v) is 6.24. The van der Waals surface area contributed by atoms with Gasteiger partial charge in [-0.25, -0.2) is 14.4 Å². The molecule has 0 unspecified atom stereocenters. The molecule has 146 valence electrons. The minimum absolute atomic E-state index is 0.102. The van der Waals surface area contributed by atoms with Crippen LogP contribution in [0.1, 0.15) is 43.0 Å². The highest BCUT2D eigenvalue weighted by Crippen LogP contribution is 2.47. The van der Waals surface area contributed by atoms with Gasteiger partial charge in [0.1, 0.15) is 25.0 Å². The molecule has 0 aliphatic carbocycles. The van der Waals surface area contributed by atoms with Crippen molar-refractivity contribution in [2.75, 3.05) is 18.0 Å². The topological polar surface area (TPSA) is 58.6 Å². The molecule has 0 bridgehead atoms. The normalized spacial score (nSPS) is 26.1. The Hall–Kier alpha value is -2.54. The van der Waals surface area contributed by atoms with E-state index in [0.29, 0.717) is 37.4 Å². The Morgan fingerprint density at radius 1 is 1.14 bits per heavy atom. The molecular formula is C21H23FN4O2. The first kappa shape index (κ1) is 17.6. The number of rotatable bonds is 3. The molecule has 3 fully saturated rings. The molecule has 1 aromatic heterocycles. The van der Waals surface area contributed by atoms with Gasteiger partial charge in [0, 0.05) is 32.0 Å². The number of benzene rings is 1. The van der Waals surface area contributed by atoms with Crippen molar-refractivity contribution in [1.29, 1.82) is 0 Å². The number of halogens is 1. The number of alkyl halides is 1. The van der Waals surface area contributed by atoms with Gasteiger partial charge in [0.05, 0.1) is 11.7 Å². The SMILES string of the molecule is O=C1N2[C@@H](CC[C@H]2c2ccccc2)OC12CCN(c1cc(CF)ncn1)CC2. The largest absolute Gasteiger partial charge is 0.356 e. The molecule has 3 aliphatic heterocycles. The van der Waals surface area contributed by atoms with Crippen LogP contribution in [0.4, 0.5) is 10.2 Å². The quantitative estimate of drug-likeness (QED) is 0.817. The summed E-state index contributed by atoms with van der Waals surface area (Å²) in [4.78, 5) is 25.6. The van der Waals surface area contributed by atoms with Crippen LogP contribution in [0.2, 0.25) is 0 Å². The maximum absolute atomic E-state index is 13.4. The molecule has 3 aliphatic rings. The minimum Gasteiger partial charge on any atom is -0.356 e. The molecule has 5 rings (SSSR count). The summed E-state index contributed by atoms with van der Waals surface area (Å²) in [6.07, 6.45) is 4.33. The van der Waals surface area contributed by atoms with Gasteiger partial charge in [-0.3, -0.25) is 4.79 Å². The molecule has 2 aromatic rings. The van der Waals surface area contributed by atoms with E-state index in [1.165, 1.54) is 11.9 Å². The molecule has 0 N–H and O–H groups in total. The molecule has 28 heavy (non-hydrogen) atoms. The Bertz CT molecular complexity index is 870. The van der Waals surface area contributed by atoms with Crippen LogP contribution >= 0.6 is 0 Å². The van der Waals surface area contributed by atoms with Crippen molar-refractivity contribution < 1.29 is 13.9 Å². The molecule has 4 heterocycles. The second kappa shape index (κ2) is 6.81. The van der Waals surface area contributed by atoms with Crippen LogP contribution in [0.15, 0.2) is 42.7 Å². The number of fused-ring (bicyclic) bond motifs is 1. The summed E-state index contributed by atoms with van der Waals surface area (Å²) in [5, 5.41) is 0. The monoisotopic (exact) mass is 382 g/mol. The van der Waals surface area contributed by atoms with Crippen LogP contribution in [-0.4, -0.2) is 45.7 Å². The summed E-state index contributed by atoms with van der Waals surface area (Å²) >= 11 is 0. The average molecular weight is 382 g/mol. The van der Waals surface area contributed by atoms with Gasteiger partial charge >= 0.3 is 0 Å². The highest BCUT2D eigenvalue weighted by molar-refractivity contribution is 5.88. The van der Waals surface area contributed by atoms with Crippen LogP contribution in [0.3, 0.4) is 0 Å². The average Bonchev–Trinajstić information content (AvgIpc) is 3.27. The van der Waals surface area contributed by atoms with Gasteiger partial charge < -0.3 is 14.5 Å². The fourth-order valence-corrected chi connectivity index (χ4v) is 4.78. The fraction of sp³-hybridized carbons (Fsp3) is 0.476.